The van der Waals surface area contributed by atoms with Gasteiger partial charge in [-0.3, -0.25) is 0 Å². The SMILES string of the molecule is COc1ccc(CC(O)c2cccc(CC(C)C)c2)cc1. The molecule has 2 heteroatoms. The Morgan fingerprint density at radius 3 is 2.29 bits per heavy atom. The first-order valence-corrected chi connectivity index (χ1v) is 7.48. The molecule has 0 radical (unpaired) electrons. The van der Waals surface area contributed by atoms with Crippen molar-refractivity contribution in [2.45, 2.75) is 32.8 Å². The number of hydrogen-bond acceptors (Lipinski definition) is 2. The maximum Gasteiger partial charge on any atom is 0.118 e. The standard InChI is InChI=1S/C19H24O2/c1-14(2)11-16-5-4-6-17(12-16)19(20)13-15-7-9-18(21-3)10-8-15/h4-10,12,14,19-20H,11,13H2,1-3H3. The fourth-order valence-electron chi connectivity index (χ4n) is 2.50. The van der Waals surface area contributed by atoms with Gasteiger partial charge in [0.25, 0.3) is 0 Å². The second-order valence-corrected chi connectivity index (χ2v) is 5.91. The molecule has 0 saturated heterocycles. The van der Waals surface area contributed by atoms with Crippen LogP contribution in [0.3, 0.4) is 0 Å². The summed E-state index contributed by atoms with van der Waals surface area (Å²) in [4.78, 5) is 0. The number of methoxy groups -OCH3 is 1. The molecule has 0 aliphatic heterocycles. The molecule has 0 aliphatic carbocycles. The van der Waals surface area contributed by atoms with Gasteiger partial charge in [-0.05, 0) is 41.2 Å². The maximum atomic E-state index is 10.4. The van der Waals surface area contributed by atoms with Gasteiger partial charge in [0.2, 0.25) is 0 Å². The first-order valence-electron chi connectivity index (χ1n) is 7.48. The van der Waals surface area contributed by atoms with Crippen molar-refractivity contribution in [1.29, 1.82) is 0 Å². The third kappa shape index (κ3) is 4.61. The van der Waals surface area contributed by atoms with E-state index in [-0.39, 0.29) is 0 Å². The maximum absolute atomic E-state index is 10.4. The third-order valence-corrected chi connectivity index (χ3v) is 3.57. The Hall–Kier alpha value is -1.80. The quantitative estimate of drug-likeness (QED) is 0.862. The number of aliphatic hydroxyl groups is 1. The predicted molar refractivity (Wildman–Crippen MR) is 86.6 cm³/mol. The molecule has 1 unspecified atom stereocenters. The highest BCUT2D eigenvalue weighted by molar-refractivity contribution is 5.30. The minimum atomic E-state index is -0.467. The molecule has 2 rings (SSSR count). The largest absolute Gasteiger partial charge is 0.497 e. The summed E-state index contributed by atoms with van der Waals surface area (Å²) in [7, 11) is 1.66. The van der Waals surface area contributed by atoms with Gasteiger partial charge in [0.15, 0.2) is 0 Å². The van der Waals surface area contributed by atoms with Crippen molar-refractivity contribution < 1.29 is 9.84 Å². The van der Waals surface area contributed by atoms with E-state index < -0.39 is 6.10 Å². The molecule has 2 aromatic rings. The lowest BCUT2D eigenvalue weighted by molar-refractivity contribution is 0.178. The molecule has 0 heterocycles. The second kappa shape index (κ2) is 7.28. The molecule has 2 aromatic carbocycles. The summed E-state index contributed by atoms with van der Waals surface area (Å²) in [5.41, 5.74) is 3.39. The Morgan fingerprint density at radius 2 is 1.67 bits per heavy atom. The monoisotopic (exact) mass is 284 g/mol. The van der Waals surface area contributed by atoms with Gasteiger partial charge in [-0.25, -0.2) is 0 Å². The summed E-state index contributed by atoms with van der Waals surface area (Å²) in [6.07, 6.45) is 1.20. The lowest BCUT2D eigenvalue weighted by atomic mass is 9.96. The number of rotatable bonds is 6. The molecule has 21 heavy (non-hydrogen) atoms. The summed E-state index contributed by atoms with van der Waals surface area (Å²) in [6.45, 7) is 4.42. The van der Waals surface area contributed by atoms with Crippen molar-refractivity contribution in [3.8, 4) is 5.75 Å². The molecule has 0 saturated carbocycles. The summed E-state index contributed by atoms with van der Waals surface area (Å²) < 4.78 is 5.15. The van der Waals surface area contributed by atoms with Gasteiger partial charge < -0.3 is 9.84 Å². The zero-order chi connectivity index (χ0) is 15.2. The minimum absolute atomic E-state index is 0.467. The summed E-state index contributed by atoms with van der Waals surface area (Å²) >= 11 is 0. The molecule has 2 nitrogen and oxygen atoms in total. The van der Waals surface area contributed by atoms with E-state index in [1.807, 2.05) is 36.4 Å². The van der Waals surface area contributed by atoms with E-state index in [0.717, 1.165) is 23.3 Å². The van der Waals surface area contributed by atoms with Crippen LogP contribution in [0.5, 0.6) is 5.75 Å². The van der Waals surface area contributed by atoms with Crippen LogP contribution in [0.15, 0.2) is 48.5 Å². The van der Waals surface area contributed by atoms with Crippen LogP contribution in [0.1, 0.15) is 36.6 Å². The van der Waals surface area contributed by atoms with Crippen molar-refractivity contribution >= 4 is 0 Å². The Morgan fingerprint density at radius 1 is 0.952 bits per heavy atom. The van der Waals surface area contributed by atoms with Crippen LogP contribution in [0, 0.1) is 5.92 Å². The molecular weight excluding hydrogens is 260 g/mol. The zero-order valence-electron chi connectivity index (χ0n) is 13.0. The van der Waals surface area contributed by atoms with Crippen molar-refractivity contribution in [2.75, 3.05) is 7.11 Å². The van der Waals surface area contributed by atoms with Gasteiger partial charge in [-0.2, -0.15) is 0 Å². The zero-order valence-corrected chi connectivity index (χ0v) is 13.0. The highest BCUT2D eigenvalue weighted by atomic mass is 16.5. The van der Waals surface area contributed by atoms with Gasteiger partial charge in [0.1, 0.15) is 5.75 Å². The van der Waals surface area contributed by atoms with Crippen LogP contribution in [0.2, 0.25) is 0 Å². The molecule has 0 bridgehead atoms. The summed E-state index contributed by atoms with van der Waals surface area (Å²) in [6, 6.07) is 16.1. The molecular formula is C19H24O2. The van der Waals surface area contributed by atoms with Gasteiger partial charge >= 0.3 is 0 Å². The fourth-order valence-corrected chi connectivity index (χ4v) is 2.50. The number of benzene rings is 2. The van der Waals surface area contributed by atoms with Crippen LogP contribution >= 0.6 is 0 Å². The molecule has 0 spiro atoms. The first-order chi connectivity index (χ1) is 10.1. The van der Waals surface area contributed by atoms with E-state index in [1.54, 1.807) is 7.11 Å². The van der Waals surface area contributed by atoms with E-state index >= 15 is 0 Å². The van der Waals surface area contributed by atoms with Gasteiger partial charge in [-0.1, -0.05) is 50.2 Å². The van der Waals surface area contributed by atoms with E-state index in [1.165, 1.54) is 5.56 Å². The molecule has 0 aliphatic rings. The predicted octanol–water partition coefficient (Wildman–Crippen LogP) is 4.17. The van der Waals surface area contributed by atoms with Gasteiger partial charge in [0.05, 0.1) is 13.2 Å². The molecule has 0 amide bonds. The number of aliphatic hydroxyl groups excluding tert-OH is 1. The minimum Gasteiger partial charge on any atom is -0.497 e. The smallest absolute Gasteiger partial charge is 0.118 e. The molecule has 0 aromatic heterocycles. The van der Waals surface area contributed by atoms with Crippen molar-refractivity contribution in [3.63, 3.8) is 0 Å². The summed E-state index contributed by atoms with van der Waals surface area (Å²) in [5.74, 6) is 1.46. The van der Waals surface area contributed by atoms with Crippen molar-refractivity contribution in [3.05, 3.63) is 65.2 Å². The normalized spacial score (nSPS) is 12.4. The van der Waals surface area contributed by atoms with Crippen LogP contribution in [-0.4, -0.2) is 12.2 Å². The first kappa shape index (κ1) is 15.6. The van der Waals surface area contributed by atoms with E-state index in [2.05, 4.69) is 26.0 Å². The lowest BCUT2D eigenvalue weighted by Crippen LogP contribution is -2.03. The topological polar surface area (TPSA) is 29.5 Å². The Kier molecular flexibility index (Phi) is 5.40. The van der Waals surface area contributed by atoms with Gasteiger partial charge in [-0.15, -0.1) is 0 Å². The lowest BCUT2D eigenvalue weighted by Gasteiger charge is -2.13. The Balaban J connectivity index is 2.06. The van der Waals surface area contributed by atoms with Crippen molar-refractivity contribution in [2.24, 2.45) is 5.92 Å². The average Bonchev–Trinajstić information content (AvgIpc) is 2.47. The van der Waals surface area contributed by atoms with Gasteiger partial charge in [0, 0.05) is 6.42 Å². The van der Waals surface area contributed by atoms with Crippen LogP contribution in [0.4, 0.5) is 0 Å². The van der Waals surface area contributed by atoms with Crippen molar-refractivity contribution in [1.82, 2.24) is 0 Å². The fraction of sp³-hybridized carbons (Fsp3) is 0.368. The third-order valence-electron chi connectivity index (χ3n) is 3.57. The average molecular weight is 284 g/mol. The Bertz CT molecular complexity index is 558. The molecule has 1 N–H and O–H groups in total. The van der Waals surface area contributed by atoms with Crippen LogP contribution < -0.4 is 4.74 Å². The second-order valence-electron chi connectivity index (χ2n) is 5.91. The van der Waals surface area contributed by atoms with E-state index in [4.69, 9.17) is 4.74 Å². The number of ether oxygens (including phenoxy) is 1. The highest BCUT2D eigenvalue weighted by Gasteiger charge is 2.10. The summed E-state index contributed by atoms with van der Waals surface area (Å²) in [5, 5.41) is 10.4. The highest BCUT2D eigenvalue weighted by Crippen LogP contribution is 2.22. The molecule has 112 valence electrons. The molecule has 0 fully saturated rings. The Labute approximate surface area is 127 Å². The van der Waals surface area contributed by atoms with Crippen LogP contribution in [-0.2, 0) is 12.8 Å². The van der Waals surface area contributed by atoms with E-state index in [9.17, 15) is 5.11 Å². The van der Waals surface area contributed by atoms with E-state index in [0.29, 0.717) is 12.3 Å². The number of hydrogen-bond donors (Lipinski definition) is 1. The van der Waals surface area contributed by atoms with Crippen LogP contribution in [0.25, 0.3) is 0 Å². The molecule has 1 atom stereocenters.